The fourth-order valence-electron chi connectivity index (χ4n) is 2.21. The van der Waals surface area contributed by atoms with Crippen LogP contribution in [0.3, 0.4) is 0 Å². The second-order valence-electron chi connectivity index (χ2n) is 4.97. The summed E-state index contributed by atoms with van der Waals surface area (Å²) < 4.78 is 20.7. The van der Waals surface area contributed by atoms with E-state index in [2.05, 4.69) is 11.6 Å². The third-order valence-corrected chi connectivity index (χ3v) is 3.57. The predicted molar refractivity (Wildman–Crippen MR) is 82.1 cm³/mol. The van der Waals surface area contributed by atoms with E-state index in [9.17, 15) is 9.18 Å². The lowest BCUT2D eigenvalue weighted by Gasteiger charge is -2.17. The minimum Gasteiger partial charge on any atom is -0.453 e. The highest BCUT2D eigenvalue weighted by atomic mass is 19.1. The Bertz CT molecular complexity index is 652. The summed E-state index contributed by atoms with van der Waals surface area (Å²) in [6.07, 6.45) is 2.98. The van der Waals surface area contributed by atoms with Gasteiger partial charge >= 0.3 is 5.97 Å². The van der Waals surface area contributed by atoms with Crippen LogP contribution in [0.15, 0.2) is 49.3 Å². The van der Waals surface area contributed by atoms with Gasteiger partial charge in [-0.2, -0.15) is 4.39 Å². The van der Waals surface area contributed by atoms with Crippen LogP contribution in [0.2, 0.25) is 0 Å². The van der Waals surface area contributed by atoms with Crippen molar-refractivity contribution < 1.29 is 13.9 Å². The smallest absolute Gasteiger partial charge is 0.360 e. The molecular weight excluding hydrogens is 283 g/mol. The Morgan fingerprint density at radius 1 is 1.45 bits per heavy atom. The number of rotatable bonds is 6. The van der Waals surface area contributed by atoms with Crippen LogP contribution >= 0.6 is 0 Å². The molecule has 0 aliphatic rings. The number of hydrogen-bond acceptors (Lipinski definition) is 3. The number of imidazole rings is 1. The molecule has 0 saturated carbocycles. The molecule has 22 heavy (non-hydrogen) atoms. The topological polar surface area (TPSA) is 44.1 Å². The molecule has 1 aromatic heterocycles. The van der Waals surface area contributed by atoms with Gasteiger partial charge in [0.25, 0.3) is 0 Å². The van der Waals surface area contributed by atoms with E-state index in [1.54, 1.807) is 0 Å². The molecule has 0 N–H and O–H groups in total. The molecule has 0 fully saturated rings. The van der Waals surface area contributed by atoms with Crippen LogP contribution in [0, 0.1) is 5.95 Å². The maximum absolute atomic E-state index is 13.9. The molecule has 0 amide bonds. The minimum absolute atomic E-state index is 0.170. The summed E-state index contributed by atoms with van der Waals surface area (Å²) in [7, 11) is 0. The van der Waals surface area contributed by atoms with Crippen LogP contribution in [-0.4, -0.2) is 21.6 Å². The van der Waals surface area contributed by atoms with E-state index >= 15 is 0 Å². The summed E-state index contributed by atoms with van der Waals surface area (Å²) in [5.41, 5.74) is 0.779. The molecule has 1 aromatic carbocycles. The number of aromatic nitrogens is 2. The molecule has 0 spiro atoms. The third kappa shape index (κ3) is 3.24. The first kappa shape index (κ1) is 15.9. The van der Waals surface area contributed by atoms with Gasteiger partial charge in [-0.15, -0.1) is 0 Å². The summed E-state index contributed by atoms with van der Waals surface area (Å²) >= 11 is 0. The first-order chi connectivity index (χ1) is 10.6. The Morgan fingerprint density at radius 2 is 2.14 bits per heavy atom. The summed E-state index contributed by atoms with van der Waals surface area (Å²) in [5, 5.41) is 0. The van der Waals surface area contributed by atoms with Crippen molar-refractivity contribution in [2.45, 2.75) is 32.4 Å². The number of ether oxygens (including phenoxy) is 1. The Hall–Kier alpha value is -2.43. The largest absolute Gasteiger partial charge is 0.453 e. The molecule has 0 saturated heterocycles. The summed E-state index contributed by atoms with van der Waals surface area (Å²) in [6.45, 7) is 7.33. The molecule has 2 aromatic rings. The first-order valence-corrected chi connectivity index (χ1v) is 7.19. The fraction of sp³-hybridized carbons (Fsp3) is 0.294. The molecule has 0 aliphatic carbocycles. The second-order valence-corrected chi connectivity index (χ2v) is 4.97. The maximum Gasteiger partial charge on any atom is 0.360 e. The zero-order valence-electron chi connectivity index (χ0n) is 12.7. The monoisotopic (exact) mass is 302 g/mol. The van der Waals surface area contributed by atoms with Crippen molar-refractivity contribution in [2.24, 2.45) is 0 Å². The molecule has 5 heteroatoms. The molecule has 1 unspecified atom stereocenters. The van der Waals surface area contributed by atoms with Gasteiger partial charge < -0.3 is 9.30 Å². The van der Waals surface area contributed by atoms with Gasteiger partial charge in [0.2, 0.25) is 5.95 Å². The van der Waals surface area contributed by atoms with E-state index in [1.165, 1.54) is 17.0 Å². The number of carbonyl (C=O) groups is 1. The number of esters is 1. The van der Waals surface area contributed by atoms with Crippen LogP contribution < -0.4 is 0 Å². The van der Waals surface area contributed by atoms with Crippen LogP contribution in [-0.2, 0) is 4.74 Å². The summed E-state index contributed by atoms with van der Waals surface area (Å²) in [5.74, 6) is -1.56. The molecule has 2 rings (SSSR count). The van der Waals surface area contributed by atoms with Gasteiger partial charge in [-0.25, -0.2) is 9.78 Å². The Morgan fingerprint density at radius 3 is 2.73 bits per heavy atom. The highest BCUT2D eigenvalue weighted by molar-refractivity contribution is 5.88. The van der Waals surface area contributed by atoms with Crippen LogP contribution in [0.5, 0.6) is 0 Å². The average molecular weight is 302 g/mol. The molecular formula is C17H19FN2O2. The normalized spacial score (nSPS) is 13.4. The predicted octanol–water partition coefficient (Wildman–Crippen LogP) is 3.75. The van der Waals surface area contributed by atoms with E-state index in [-0.39, 0.29) is 11.7 Å². The Balaban J connectivity index is 2.32. The molecule has 1 heterocycles. The molecule has 0 radical (unpaired) electrons. The van der Waals surface area contributed by atoms with Gasteiger partial charge in [0, 0.05) is 0 Å². The van der Waals surface area contributed by atoms with Crippen molar-refractivity contribution in [2.75, 3.05) is 0 Å². The Labute approximate surface area is 129 Å². The van der Waals surface area contributed by atoms with Crippen molar-refractivity contribution in [3.05, 3.63) is 66.5 Å². The standard InChI is InChI=1S/C17H19FN2O2/c1-4-14(5-2)22-17(21)15-16(18)19-11-20(15)12(3)13-9-7-6-8-10-13/h4,6-12,14H,1,5H2,2-3H3/t12-,14?/m1/s1. The molecule has 4 nitrogen and oxygen atoms in total. The van der Waals surface area contributed by atoms with E-state index in [4.69, 9.17) is 4.74 Å². The highest BCUT2D eigenvalue weighted by Crippen LogP contribution is 2.22. The van der Waals surface area contributed by atoms with Gasteiger partial charge in [0.1, 0.15) is 6.10 Å². The van der Waals surface area contributed by atoms with Crippen LogP contribution in [0.1, 0.15) is 42.4 Å². The maximum atomic E-state index is 13.9. The Kier molecular flexibility index (Phi) is 5.09. The lowest BCUT2D eigenvalue weighted by atomic mass is 10.1. The fourth-order valence-corrected chi connectivity index (χ4v) is 2.21. The van der Waals surface area contributed by atoms with Crippen molar-refractivity contribution in [1.82, 2.24) is 9.55 Å². The molecule has 116 valence electrons. The van der Waals surface area contributed by atoms with Gasteiger partial charge in [0.05, 0.1) is 12.4 Å². The van der Waals surface area contributed by atoms with Crippen molar-refractivity contribution in [1.29, 1.82) is 0 Å². The number of halogens is 1. The van der Waals surface area contributed by atoms with Gasteiger partial charge in [-0.05, 0) is 18.9 Å². The zero-order valence-corrected chi connectivity index (χ0v) is 12.7. The van der Waals surface area contributed by atoms with Gasteiger partial charge in [0.15, 0.2) is 5.69 Å². The first-order valence-electron chi connectivity index (χ1n) is 7.19. The summed E-state index contributed by atoms with van der Waals surface area (Å²) in [6, 6.07) is 9.27. The van der Waals surface area contributed by atoms with E-state index in [0.717, 1.165) is 5.56 Å². The lowest BCUT2D eigenvalue weighted by Crippen LogP contribution is -2.21. The molecule has 2 atom stereocenters. The second kappa shape index (κ2) is 7.02. The van der Waals surface area contributed by atoms with Crippen LogP contribution in [0.25, 0.3) is 0 Å². The van der Waals surface area contributed by atoms with Gasteiger partial charge in [-0.3, -0.25) is 0 Å². The number of hydrogen-bond donors (Lipinski definition) is 0. The molecule has 0 bridgehead atoms. The van der Waals surface area contributed by atoms with Crippen molar-refractivity contribution in [3.8, 4) is 0 Å². The van der Waals surface area contributed by atoms with E-state index in [1.807, 2.05) is 44.2 Å². The zero-order chi connectivity index (χ0) is 16.1. The van der Waals surface area contributed by atoms with Crippen molar-refractivity contribution >= 4 is 5.97 Å². The lowest BCUT2D eigenvalue weighted by molar-refractivity contribution is 0.0369. The van der Waals surface area contributed by atoms with E-state index < -0.39 is 18.0 Å². The quantitative estimate of drug-likeness (QED) is 0.603. The van der Waals surface area contributed by atoms with Crippen molar-refractivity contribution in [3.63, 3.8) is 0 Å². The number of carbonyl (C=O) groups excluding carboxylic acids is 1. The average Bonchev–Trinajstić information content (AvgIpc) is 2.94. The number of nitrogens with zero attached hydrogens (tertiary/aromatic N) is 2. The van der Waals surface area contributed by atoms with E-state index in [0.29, 0.717) is 6.42 Å². The minimum atomic E-state index is -0.827. The SMILES string of the molecule is C=CC(CC)OC(=O)c1c(F)ncn1[C@H](C)c1ccccc1. The van der Waals surface area contributed by atoms with Gasteiger partial charge in [-0.1, -0.05) is 49.9 Å². The third-order valence-electron chi connectivity index (χ3n) is 3.57. The highest BCUT2D eigenvalue weighted by Gasteiger charge is 2.25. The van der Waals surface area contributed by atoms with Crippen LogP contribution in [0.4, 0.5) is 4.39 Å². The molecule has 0 aliphatic heterocycles. The summed E-state index contributed by atoms with van der Waals surface area (Å²) in [4.78, 5) is 15.9. The number of benzene rings is 1.